The minimum atomic E-state index is -0.517. The Balaban J connectivity index is 1.86. The van der Waals surface area contributed by atoms with E-state index in [1.807, 2.05) is 25.1 Å². The lowest BCUT2D eigenvalue weighted by atomic mass is 10.1. The molecule has 1 aromatic rings. The van der Waals surface area contributed by atoms with Gasteiger partial charge in [0.2, 0.25) is 5.91 Å². The Kier molecular flexibility index (Phi) is 5.99. The zero-order valence-electron chi connectivity index (χ0n) is 13.5. The van der Waals surface area contributed by atoms with Crippen LogP contribution in [0.1, 0.15) is 61.4 Å². The third kappa shape index (κ3) is 4.86. The van der Waals surface area contributed by atoms with Gasteiger partial charge in [0.05, 0.1) is 0 Å². The van der Waals surface area contributed by atoms with Crippen LogP contribution in [0.4, 0.5) is 0 Å². The maximum Gasteiger partial charge on any atom is 0.251 e. The highest BCUT2D eigenvalue weighted by Gasteiger charge is 2.20. The van der Waals surface area contributed by atoms with Crippen LogP contribution in [0.25, 0.3) is 0 Å². The van der Waals surface area contributed by atoms with Gasteiger partial charge in [0.15, 0.2) is 0 Å². The molecule has 0 bridgehead atoms. The number of rotatable bonds is 4. The molecule has 0 aromatic heterocycles. The number of carbonyl (C=O) groups excluding carboxylic acids is 2. The molecule has 1 unspecified atom stereocenters. The van der Waals surface area contributed by atoms with E-state index in [0.717, 1.165) is 18.4 Å². The maximum absolute atomic E-state index is 12.2. The van der Waals surface area contributed by atoms with E-state index in [0.29, 0.717) is 5.56 Å². The second-order valence-corrected chi connectivity index (χ2v) is 6.26. The maximum atomic E-state index is 12.2. The van der Waals surface area contributed by atoms with Crippen molar-refractivity contribution in [1.29, 1.82) is 0 Å². The Morgan fingerprint density at radius 1 is 1.14 bits per heavy atom. The molecule has 1 saturated carbocycles. The summed E-state index contributed by atoms with van der Waals surface area (Å²) in [6.07, 6.45) is 6.95. The Labute approximate surface area is 132 Å². The Morgan fingerprint density at radius 3 is 2.45 bits per heavy atom. The number of hydrogen-bond acceptors (Lipinski definition) is 2. The van der Waals surface area contributed by atoms with Crippen molar-refractivity contribution in [2.45, 2.75) is 64.5 Å². The minimum absolute atomic E-state index is 0.0899. The van der Waals surface area contributed by atoms with Gasteiger partial charge in [0, 0.05) is 11.6 Å². The molecule has 0 radical (unpaired) electrons. The van der Waals surface area contributed by atoms with Crippen LogP contribution in [0.5, 0.6) is 0 Å². The minimum Gasteiger partial charge on any atom is -0.352 e. The zero-order valence-corrected chi connectivity index (χ0v) is 13.5. The molecule has 0 saturated heterocycles. The van der Waals surface area contributed by atoms with E-state index in [4.69, 9.17) is 0 Å². The first kappa shape index (κ1) is 16.5. The second kappa shape index (κ2) is 7.97. The number of amides is 2. The standard InChI is InChI=1S/C18H26N2O2/c1-13-8-7-9-15(12-13)18(22)19-14(2)17(21)20-16-10-5-3-4-6-11-16/h7-9,12,14,16H,3-6,10-11H2,1-2H3,(H,19,22)(H,20,21). The summed E-state index contributed by atoms with van der Waals surface area (Å²) >= 11 is 0. The van der Waals surface area contributed by atoms with Gasteiger partial charge in [-0.05, 0) is 38.8 Å². The van der Waals surface area contributed by atoms with Crippen LogP contribution in [0.2, 0.25) is 0 Å². The lowest BCUT2D eigenvalue weighted by molar-refractivity contribution is -0.123. The highest BCUT2D eigenvalue weighted by atomic mass is 16.2. The summed E-state index contributed by atoms with van der Waals surface area (Å²) in [5.74, 6) is -0.292. The van der Waals surface area contributed by atoms with Crippen LogP contribution in [0, 0.1) is 6.92 Å². The Morgan fingerprint density at radius 2 is 1.82 bits per heavy atom. The molecule has 0 spiro atoms. The van der Waals surface area contributed by atoms with Gasteiger partial charge in [-0.3, -0.25) is 9.59 Å². The molecule has 1 aliphatic carbocycles. The van der Waals surface area contributed by atoms with Crippen molar-refractivity contribution in [3.05, 3.63) is 35.4 Å². The smallest absolute Gasteiger partial charge is 0.251 e. The molecule has 0 aliphatic heterocycles. The second-order valence-electron chi connectivity index (χ2n) is 6.26. The quantitative estimate of drug-likeness (QED) is 0.840. The molecule has 0 heterocycles. The van der Waals surface area contributed by atoms with Crippen molar-refractivity contribution in [2.75, 3.05) is 0 Å². The van der Waals surface area contributed by atoms with Crippen LogP contribution in [-0.4, -0.2) is 23.9 Å². The Bertz CT molecular complexity index is 520. The van der Waals surface area contributed by atoms with Crippen LogP contribution in [0.15, 0.2) is 24.3 Å². The molecule has 1 atom stereocenters. The average Bonchev–Trinajstić information content (AvgIpc) is 2.75. The molecule has 1 aliphatic rings. The van der Waals surface area contributed by atoms with Crippen molar-refractivity contribution in [3.8, 4) is 0 Å². The molecule has 2 N–H and O–H groups in total. The van der Waals surface area contributed by atoms with E-state index in [1.165, 1.54) is 25.7 Å². The number of nitrogens with one attached hydrogen (secondary N) is 2. The molecule has 2 rings (SSSR count). The lowest BCUT2D eigenvalue weighted by Gasteiger charge is -2.20. The van der Waals surface area contributed by atoms with Gasteiger partial charge in [0.1, 0.15) is 6.04 Å². The summed E-state index contributed by atoms with van der Waals surface area (Å²) in [7, 11) is 0. The van der Waals surface area contributed by atoms with Crippen molar-refractivity contribution in [3.63, 3.8) is 0 Å². The van der Waals surface area contributed by atoms with Gasteiger partial charge in [-0.15, -0.1) is 0 Å². The van der Waals surface area contributed by atoms with Crippen LogP contribution in [-0.2, 0) is 4.79 Å². The normalized spacial score (nSPS) is 17.4. The van der Waals surface area contributed by atoms with Crippen molar-refractivity contribution >= 4 is 11.8 Å². The number of hydrogen-bond donors (Lipinski definition) is 2. The molecule has 120 valence electrons. The van der Waals surface area contributed by atoms with E-state index >= 15 is 0 Å². The fourth-order valence-electron chi connectivity index (χ4n) is 2.88. The predicted molar refractivity (Wildman–Crippen MR) is 87.7 cm³/mol. The molecule has 1 fully saturated rings. The third-order valence-corrected chi connectivity index (χ3v) is 4.22. The summed E-state index contributed by atoms with van der Waals surface area (Å²) in [5, 5.41) is 5.85. The monoisotopic (exact) mass is 302 g/mol. The molecule has 1 aromatic carbocycles. The van der Waals surface area contributed by atoms with Crippen molar-refractivity contribution in [2.24, 2.45) is 0 Å². The third-order valence-electron chi connectivity index (χ3n) is 4.22. The average molecular weight is 302 g/mol. The largest absolute Gasteiger partial charge is 0.352 e. The molecular formula is C18H26N2O2. The molecule has 4 nitrogen and oxygen atoms in total. The highest BCUT2D eigenvalue weighted by Crippen LogP contribution is 2.17. The topological polar surface area (TPSA) is 58.2 Å². The summed E-state index contributed by atoms with van der Waals surface area (Å²) in [6.45, 7) is 3.68. The summed E-state index contributed by atoms with van der Waals surface area (Å²) in [5.41, 5.74) is 1.62. The number of aryl methyl sites for hydroxylation is 1. The van der Waals surface area contributed by atoms with Crippen LogP contribution < -0.4 is 10.6 Å². The molecular weight excluding hydrogens is 276 g/mol. The fraction of sp³-hybridized carbons (Fsp3) is 0.556. The highest BCUT2D eigenvalue weighted by molar-refractivity contribution is 5.97. The Hall–Kier alpha value is -1.84. The summed E-state index contributed by atoms with van der Waals surface area (Å²) in [6, 6.07) is 7.12. The summed E-state index contributed by atoms with van der Waals surface area (Å²) < 4.78 is 0. The van der Waals surface area contributed by atoms with Crippen LogP contribution >= 0.6 is 0 Å². The van der Waals surface area contributed by atoms with E-state index in [1.54, 1.807) is 13.0 Å². The molecule has 4 heteroatoms. The van der Waals surface area contributed by atoms with E-state index in [-0.39, 0.29) is 17.9 Å². The van der Waals surface area contributed by atoms with E-state index in [9.17, 15) is 9.59 Å². The van der Waals surface area contributed by atoms with Gasteiger partial charge in [-0.25, -0.2) is 0 Å². The first-order valence-electron chi connectivity index (χ1n) is 8.24. The van der Waals surface area contributed by atoms with Crippen LogP contribution in [0.3, 0.4) is 0 Å². The molecule has 2 amide bonds. The first-order valence-corrected chi connectivity index (χ1v) is 8.24. The SMILES string of the molecule is Cc1cccc(C(=O)NC(C)C(=O)NC2CCCCCC2)c1. The lowest BCUT2D eigenvalue weighted by Crippen LogP contribution is -2.48. The fourth-order valence-corrected chi connectivity index (χ4v) is 2.88. The molecule has 22 heavy (non-hydrogen) atoms. The van der Waals surface area contributed by atoms with Gasteiger partial charge in [0.25, 0.3) is 5.91 Å². The first-order chi connectivity index (χ1) is 10.6. The van der Waals surface area contributed by atoms with E-state index < -0.39 is 6.04 Å². The van der Waals surface area contributed by atoms with Crippen molar-refractivity contribution < 1.29 is 9.59 Å². The van der Waals surface area contributed by atoms with Gasteiger partial charge >= 0.3 is 0 Å². The predicted octanol–water partition coefficient (Wildman–Crippen LogP) is 2.95. The van der Waals surface area contributed by atoms with Gasteiger partial charge in [-0.1, -0.05) is 43.4 Å². The number of carbonyl (C=O) groups is 2. The van der Waals surface area contributed by atoms with Crippen molar-refractivity contribution in [1.82, 2.24) is 10.6 Å². The zero-order chi connectivity index (χ0) is 15.9. The van der Waals surface area contributed by atoms with Gasteiger partial charge < -0.3 is 10.6 Å². The van der Waals surface area contributed by atoms with E-state index in [2.05, 4.69) is 10.6 Å². The number of benzene rings is 1. The van der Waals surface area contributed by atoms with Gasteiger partial charge in [-0.2, -0.15) is 0 Å². The summed E-state index contributed by atoms with van der Waals surface area (Å²) in [4.78, 5) is 24.4.